The molecule has 3 rings (SSSR count). The van der Waals surface area contributed by atoms with E-state index < -0.39 is 0 Å². The summed E-state index contributed by atoms with van der Waals surface area (Å²) < 4.78 is 18.8. The van der Waals surface area contributed by atoms with Gasteiger partial charge in [0, 0.05) is 18.7 Å². The Morgan fingerprint density at radius 3 is 2.82 bits per heavy atom. The second-order valence-electron chi connectivity index (χ2n) is 5.24. The smallest absolute Gasteiger partial charge is 0.125 e. The number of halogens is 1. The number of para-hydroxylation sites is 1. The number of rotatable bonds is 5. The van der Waals surface area contributed by atoms with Crippen LogP contribution in [-0.2, 0) is 6.42 Å². The summed E-state index contributed by atoms with van der Waals surface area (Å²) in [5.41, 5.74) is 2.04. The van der Waals surface area contributed by atoms with Gasteiger partial charge in [0.1, 0.15) is 17.4 Å². The average Bonchev–Trinajstić information content (AvgIpc) is 3.01. The second-order valence-corrected chi connectivity index (χ2v) is 5.24. The molecular weight excluding hydrogens is 279 g/mol. The normalized spacial score (nSPS) is 14.1. The van der Waals surface area contributed by atoms with Crippen molar-refractivity contribution >= 4 is 11.5 Å². The van der Waals surface area contributed by atoms with E-state index in [1.165, 1.54) is 11.6 Å². The molecule has 2 aromatic carbocycles. The first-order valence-electron chi connectivity index (χ1n) is 7.46. The number of hydrogen-bond donors (Lipinski definition) is 0. The Morgan fingerprint density at radius 1 is 1.14 bits per heavy atom. The maximum Gasteiger partial charge on any atom is 0.125 e. The SMILES string of the molecule is COc1ccccc1CCC1=NCCN1c1cccc(F)c1. The molecule has 0 aromatic heterocycles. The molecule has 0 spiro atoms. The molecule has 1 aliphatic heterocycles. The quantitative estimate of drug-likeness (QED) is 0.841. The van der Waals surface area contributed by atoms with Crippen molar-refractivity contribution in [2.24, 2.45) is 4.99 Å². The zero-order chi connectivity index (χ0) is 15.4. The molecule has 0 N–H and O–H groups in total. The van der Waals surface area contributed by atoms with E-state index in [0.717, 1.165) is 43.2 Å². The molecule has 0 radical (unpaired) electrons. The predicted molar refractivity (Wildman–Crippen MR) is 87.4 cm³/mol. The molecule has 0 bridgehead atoms. The first kappa shape index (κ1) is 14.6. The van der Waals surface area contributed by atoms with Crippen LogP contribution in [-0.4, -0.2) is 26.0 Å². The van der Waals surface area contributed by atoms with Crippen LogP contribution >= 0.6 is 0 Å². The summed E-state index contributed by atoms with van der Waals surface area (Å²) in [6.45, 7) is 1.57. The van der Waals surface area contributed by atoms with E-state index in [-0.39, 0.29) is 5.82 Å². The minimum Gasteiger partial charge on any atom is -0.496 e. The summed E-state index contributed by atoms with van der Waals surface area (Å²) in [4.78, 5) is 6.67. The van der Waals surface area contributed by atoms with E-state index >= 15 is 0 Å². The van der Waals surface area contributed by atoms with Crippen LogP contribution in [0.3, 0.4) is 0 Å². The zero-order valence-electron chi connectivity index (χ0n) is 12.6. The molecule has 0 aliphatic carbocycles. The van der Waals surface area contributed by atoms with Gasteiger partial charge in [-0.15, -0.1) is 0 Å². The number of aryl methyl sites for hydroxylation is 1. The molecule has 0 amide bonds. The minimum atomic E-state index is -0.214. The lowest BCUT2D eigenvalue weighted by Gasteiger charge is -2.21. The van der Waals surface area contributed by atoms with Gasteiger partial charge in [0.05, 0.1) is 13.7 Å². The molecule has 0 saturated heterocycles. The molecule has 1 aliphatic rings. The molecule has 0 unspecified atom stereocenters. The summed E-state index contributed by atoms with van der Waals surface area (Å²) in [5.74, 6) is 1.70. The standard InChI is InChI=1S/C18H19FN2O/c1-22-17-8-3-2-5-14(17)9-10-18-20-11-12-21(18)16-7-4-6-15(19)13-16/h2-8,13H,9-12H2,1H3. The lowest BCUT2D eigenvalue weighted by atomic mass is 10.1. The first-order chi connectivity index (χ1) is 10.8. The fourth-order valence-electron chi connectivity index (χ4n) is 2.79. The van der Waals surface area contributed by atoms with Crippen molar-refractivity contribution in [1.29, 1.82) is 0 Å². The van der Waals surface area contributed by atoms with Gasteiger partial charge in [0.25, 0.3) is 0 Å². The summed E-state index contributed by atoms with van der Waals surface area (Å²) >= 11 is 0. The van der Waals surface area contributed by atoms with Gasteiger partial charge in [-0.2, -0.15) is 0 Å². The van der Waals surface area contributed by atoms with E-state index in [9.17, 15) is 4.39 Å². The highest BCUT2D eigenvalue weighted by molar-refractivity contribution is 5.99. The van der Waals surface area contributed by atoms with Crippen LogP contribution in [0.15, 0.2) is 53.5 Å². The summed E-state index contributed by atoms with van der Waals surface area (Å²) in [6.07, 6.45) is 1.67. The Balaban J connectivity index is 1.72. The van der Waals surface area contributed by atoms with E-state index in [0.29, 0.717) is 0 Å². The summed E-state index contributed by atoms with van der Waals surface area (Å²) in [6, 6.07) is 14.7. The maximum atomic E-state index is 13.4. The molecule has 4 heteroatoms. The zero-order valence-corrected chi connectivity index (χ0v) is 12.6. The van der Waals surface area contributed by atoms with Crippen LogP contribution in [0.2, 0.25) is 0 Å². The lowest BCUT2D eigenvalue weighted by Crippen LogP contribution is -2.27. The van der Waals surface area contributed by atoms with Crippen molar-refractivity contribution in [2.75, 3.05) is 25.1 Å². The molecule has 114 valence electrons. The largest absolute Gasteiger partial charge is 0.496 e. The highest BCUT2D eigenvalue weighted by Gasteiger charge is 2.19. The van der Waals surface area contributed by atoms with E-state index in [4.69, 9.17) is 4.74 Å². The monoisotopic (exact) mass is 298 g/mol. The van der Waals surface area contributed by atoms with Crippen molar-refractivity contribution in [2.45, 2.75) is 12.8 Å². The fourth-order valence-corrected chi connectivity index (χ4v) is 2.79. The second kappa shape index (κ2) is 6.60. The number of nitrogens with zero attached hydrogens (tertiary/aromatic N) is 2. The van der Waals surface area contributed by atoms with Crippen LogP contribution < -0.4 is 9.64 Å². The molecule has 0 fully saturated rings. The molecule has 1 heterocycles. The number of aliphatic imine (C=N–C) groups is 1. The van der Waals surface area contributed by atoms with Crippen molar-refractivity contribution in [3.63, 3.8) is 0 Å². The number of anilines is 1. The number of methoxy groups -OCH3 is 1. The Morgan fingerprint density at radius 2 is 2.00 bits per heavy atom. The van der Waals surface area contributed by atoms with Crippen molar-refractivity contribution in [3.05, 3.63) is 59.9 Å². The highest BCUT2D eigenvalue weighted by atomic mass is 19.1. The Labute approximate surface area is 130 Å². The van der Waals surface area contributed by atoms with Gasteiger partial charge in [-0.3, -0.25) is 4.99 Å². The van der Waals surface area contributed by atoms with Crippen molar-refractivity contribution < 1.29 is 9.13 Å². The third kappa shape index (κ3) is 3.11. The van der Waals surface area contributed by atoms with Crippen LogP contribution in [0, 0.1) is 5.82 Å². The molecule has 22 heavy (non-hydrogen) atoms. The van der Waals surface area contributed by atoms with Gasteiger partial charge in [-0.25, -0.2) is 4.39 Å². The van der Waals surface area contributed by atoms with E-state index in [2.05, 4.69) is 16.0 Å². The number of ether oxygens (including phenoxy) is 1. The number of benzene rings is 2. The van der Waals surface area contributed by atoms with Crippen LogP contribution in [0.5, 0.6) is 5.75 Å². The summed E-state index contributed by atoms with van der Waals surface area (Å²) in [5, 5.41) is 0. The van der Waals surface area contributed by atoms with E-state index in [1.807, 2.05) is 24.3 Å². The number of amidine groups is 1. The Bertz CT molecular complexity index is 684. The van der Waals surface area contributed by atoms with Gasteiger partial charge in [0.2, 0.25) is 0 Å². The fraction of sp³-hybridized carbons (Fsp3) is 0.278. The van der Waals surface area contributed by atoms with Crippen molar-refractivity contribution in [3.8, 4) is 5.75 Å². The van der Waals surface area contributed by atoms with Gasteiger partial charge in [-0.05, 0) is 36.2 Å². The number of hydrogen-bond acceptors (Lipinski definition) is 3. The van der Waals surface area contributed by atoms with Crippen molar-refractivity contribution in [1.82, 2.24) is 0 Å². The van der Waals surface area contributed by atoms with Gasteiger partial charge in [-0.1, -0.05) is 24.3 Å². The molecule has 3 nitrogen and oxygen atoms in total. The van der Waals surface area contributed by atoms with E-state index in [1.54, 1.807) is 19.2 Å². The van der Waals surface area contributed by atoms with Crippen LogP contribution in [0.4, 0.5) is 10.1 Å². The van der Waals surface area contributed by atoms with Crippen LogP contribution in [0.1, 0.15) is 12.0 Å². The molecular formula is C18H19FN2O. The summed E-state index contributed by atoms with van der Waals surface area (Å²) in [7, 11) is 1.69. The van der Waals surface area contributed by atoms with Gasteiger partial charge in [0.15, 0.2) is 0 Å². The van der Waals surface area contributed by atoms with Gasteiger partial charge < -0.3 is 9.64 Å². The Hall–Kier alpha value is -2.36. The predicted octanol–water partition coefficient (Wildman–Crippen LogP) is 3.69. The van der Waals surface area contributed by atoms with Gasteiger partial charge >= 0.3 is 0 Å². The third-order valence-electron chi connectivity index (χ3n) is 3.86. The molecule has 0 saturated carbocycles. The highest BCUT2D eigenvalue weighted by Crippen LogP contribution is 2.23. The van der Waals surface area contributed by atoms with Crippen LogP contribution in [0.25, 0.3) is 0 Å². The minimum absolute atomic E-state index is 0.214. The Kier molecular flexibility index (Phi) is 4.37. The third-order valence-corrected chi connectivity index (χ3v) is 3.86. The maximum absolute atomic E-state index is 13.4. The molecule has 0 atom stereocenters. The lowest BCUT2D eigenvalue weighted by molar-refractivity contribution is 0.410. The molecule has 2 aromatic rings. The first-order valence-corrected chi connectivity index (χ1v) is 7.46. The average molecular weight is 298 g/mol. The topological polar surface area (TPSA) is 24.8 Å².